The Balaban J connectivity index is -0.0000000800. The van der Waals surface area contributed by atoms with Gasteiger partial charge in [-0.1, -0.05) is 0 Å². The van der Waals surface area contributed by atoms with Crippen LogP contribution in [0.4, 0.5) is 0 Å². The maximum Gasteiger partial charge on any atom is 1.00 e. The van der Waals surface area contributed by atoms with Gasteiger partial charge in [0.15, 0.2) is 0 Å². The molecule has 0 aliphatic carbocycles. The van der Waals surface area contributed by atoms with Crippen LogP contribution in [0.1, 0.15) is 0 Å². The van der Waals surface area contributed by atoms with Gasteiger partial charge in [0, 0.05) is 0 Å². The summed E-state index contributed by atoms with van der Waals surface area (Å²) < 4.78 is 27.5. The van der Waals surface area contributed by atoms with E-state index in [1.54, 1.807) is 0 Å². The molecule has 0 radical (unpaired) electrons. The van der Waals surface area contributed by atoms with E-state index in [1.807, 2.05) is 0 Å². The molecule has 0 spiro atoms. The molecule has 32 valence electrons. The van der Waals surface area contributed by atoms with Crippen LogP contribution in [0.5, 0.6) is 0 Å². The quantitative estimate of drug-likeness (QED) is 0.351. The van der Waals surface area contributed by atoms with Crippen molar-refractivity contribution in [2.75, 3.05) is 0 Å². The minimum absolute atomic E-state index is 0. The third kappa shape index (κ3) is 62.9. The molecular weight excluding hydrogens is 181 g/mol. The second-order valence-electron chi connectivity index (χ2n) is 0.771. The fraction of sp³-hybridized carbons (Fsp3) is 1.00. The van der Waals surface area contributed by atoms with E-state index >= 15 is 0 Å². The number of hydrogen-bond donors (Lipinski definition) is 0. The molecule has 0 bridgehead atoms. The Labute approximate surface area is 89.5 Å². The van der Waals surface area contributed by atoms with Crippen LogP contribution >= 0.6 is 0 Å². The molecule has 0 rings (SSSR count). The van der Waals surface area contributed by atoms with Crippen molar-refractivity contribution >= 4 is 14.2 Å². The third-order valence-corrected chi connectivity index (χ3v) is 0. The molecule has 0 saturated carbocycles. The van der Waals surface area contributed by atoms with E-state index in [1.165, 1.54) is 0 Å². The second-order valence-corrected chi connectivity index (χ2v) is 4.01. The molecule has 0 fully saturated rings. The summed E-state index contributed by atoms with van der Waals surface area (Å²) in [6.45, 7) is 0. The summed E-state index contributed by atoms with van der Waals surface area (Å²) in [6.07, 6.45) is 0. The van der Waals surface area contributed by atoms with E-state index in [2.05, 4.69) is 0 Å². The van der Waals surface area contributed by atoms with Crippen LogP contribution < -0.4 is 67.3 Å². The molecule has 0 aromatic carbocycles. The molecule has 0 atom stereocenters. The van der Waals surface area contributed by atoms with Gasteiger partial charge in [-0.25, -0.2) is 0 Å². The maximum atomic E-state index is 9.16. The van der Waals surface area contributed by atoms with Crippen LogP contribution in [0.2, 0.25) is 5.71 Å². The smallest absolute Gasteiger partial charge is 1.00 e. The van der Waals surface area contributed by atoms with Gasteiger partial charge in [-0.05, 0) is 0 Å². The summed E-state index contributed by atoms with van der Waals surface area (Å²) >= 11 is -4.62. The first-order valence-corrected chi connectivity index (χ1v) is 5.17. The molecule has 7 heavy (non-hydrogen) atoms. The Morgan fingerprint density at radius 3 is 1.29 bits per heavy atom. The summed E-state index contributed by atoms with van der Waals surface area (Å²) in [5.41, 5.74) is 0.693. The SMILES string of the molecule is C[As](=O)([O-])[O-].[Na+].[Na+]. The van der Waals surface area contributed by atoms with E-state index in [0.717, 1.165) is 0 Å². The zero-order chi connectivity index (χ0) is 4.50. The Kier molecular flexibility index (Phi) is 14.7. The molecule has 0 aromatic rings. The average Bonchev–Trinajstić information content (AvgIpc) is 0.722. The fourth-order valence-electron chi connectivity index (χ4n) is 0. The van der Waals surface area contributed by atoms with Crippen LogP contribution in [0.3, 0.4) is 0 Å². The first-order chi connectivity index (χ1) is 2.00. The van der Waals surface area contributed by atoms with Gasteiger partial charge in [0.1, 0.15) is 0 Å². The van der Waals surface area contributed by atoms with Gasteiger partial charge in [-0.3, -0.25) is 0 Å². The predicted octanol–water partition coefficient (Wildman–Crippen LogP) is -8.29. The topological polar surface area (TPSA) is 63.2 Å². The largest absolute Gasteiger partial charge is 1.00 e. The van der Waals surface area contributed by atoms with Gasteiger partial charge in [0.25, 0.3) is 0 Å². The normalized spacial score (nSPS) is 8.43. The van der Waals surface area contributed by atoms with E-state index in [0.29, 0.717) is 5.71 Å². The molecule has 0 amide bonds. The van der Waals surface area contributed by atoms with Crippen LogP contribution in [-0.2, 0) is 3.74 Å². The van der Waals surface area contributed by atoms with Crippen LogP contribution in [0, 0.1) is 0 Å². The van der Waals surface area contributed by atoms with Gasteiger partial charge < -0.3 is 0 Å². The Morgan fingerprint density at radius 2 is 1.29 bits per heavy atom. The van der Waals surface area contributed by atoms with Crippen LogP contribution in [0.25, 0.3) is 0 Å². The summed E-state index contributed by atoms with van der Waals surface area (Å²) in [5.74, 6) is 0. The van der Waals surface area contributed by atoms with Crippen molar-refractivity contribution in [1.82, 2.24) is 0 Å². The first-order valence-electron chi connectivity index (χ1n) is 0.995. The van der Waals surface area contributed by atoms with Crippen LogP contribution in [0.15, 0.2) is 0 Å². The maximum absolute atomic E-state index is 9.16. The number of rotatable bonds is 0. The van der Waals surface area contributed by atoms with Crippen molar-refractivity contribution in [2.24, 2.45) is 0 Å². The first kappa shape index (κ1) is 16.1. The molecule has 0 saturated heterocycles. The van der Waals surface area contributed by atoms with Crippen molar-refractivity contribution in [3.63, 3.8) is 0 Å². The van der Waals surface area contributed by atoms with Crippen molar-refractivity contribution < 1.29 is 71.0 Å². The molecule has 0 aliphatic heterocycles. The molecule has 0 aromatic heterocycles. The van der Waals surface area contributed by atoms with Gasteiger partial charge in [-0.15, -0.1) is 0 Å². The summed E-state index contributed by atoms with van der Waals surface area (Å²) in [6, 6.07) is 0. The van der Waals surface area contributed by atoms with Gasteiger partial charge in [0.05, 0.1) is 0 Å². The monoisotopic (exact) mass is 184 g/mol. The molecule has 0 aliphatic rings. The Bertz CT molecular complexity index is 59.1. The third-order valence-electron chi connectivity index (χ3n) is 0. The molecule has 6 heteroatoms. The number of hydrogen-bond acceptors (Lipinski definition) is 3. The molecular formula is CH3AsNa2O3. The van der Waals surface area contributed by atoms with Gasteiger partial charge in [-0.2, -0.15) is 0 Å². The van der Waals surface area contributed by atoms with Crippen molar-refractivity contribution in [3.8, 4) is 0 Å². The minimum atomic E-state index is -4.62. The van der Waals surface area contributed by atoms with E-state index in [-0.39, 0.29) is 59.1 Å². The predicted molar refractivity (Wildman–Crippen MR) is 12.3 cm³/mol. The van der Waals surface area contributed by atoms with Gasteiger partial charge >= 0.3 is 90.9 Å². The van der Waals surface area contributed by atoms with Crippen molar-refractivity contribution in [3.05, 3.63) is 0 Å². The zero-order valence-electron chi connectivity index (χ0n) is 4.67. The average molecular weight is 184 g/mol. The van der Waals surface area contributed by atoms with E-state index < -0.39 is 14.2 Å². The van der Waals surface area contributed by atoms with Crippen molar-refractivity contribution in [1.29, 1.82) is 0 Å². The van der Waals surface area contributed by atoms with E-state index in [4.69, 9.17) is 11.9 Å². The minimum Gasteiger partial charge on any atom is 1.00 e. The molecule has 0 heterocycles. The molecule has 0 N–H and O–H groups in total. The standard InChI is InChI=1S/CH5AsO3.2Na/c1-2(3,4)5;;/h1H3,(H2,3,4,5);;/q;2*+1/p-2. The summed E-state index contributed by atoms with van der Waals surface area (Å²) in [5, 5.41) is 0. The summed E-state index contributed by atoms with van der Waals surface area (Å²) in [4.78, 5) is 0. The Hall–Kier alpha value is 2.28. The van der Waals surface area contributed by atoms with E-state index in [9.17, 15) is 0 Å². The fourth-order valence-corrected chi connectivity index (χ4v) is 0. The second kappa shape index (κ2) is 6.40. The zero-order valence-corrected chi connectivity index (χ0v) is 10.5. The molecule has 0 unspecified atom stereocenters. The van der Waals surface area contributed by atoms with Crippen molar-refractivity contribution in [2.45, 2.75) is 5.71 Å². The molecule has 3 nitrogen and oxygen atoms in total. The van der Waals surface area contributed by atoms with Gasteiger partial charge in [0.2, 0.25) is 0 Å². The Morgan fingerprint density at radius 1 is 1.29 bits per heavy atom. The summed E-state index contributed by atoms with van der Waals surface area (Å²) in [7, 11) is 0. The van der Waals surface area contributed by atoms with Crippen LogP contribution in [-0.4, -0.2) is 14.2 Å².